The molecular formula is C15H24O4. The van der Waals surface area contributed by atoms with Crippen molar-refractivity contribution in [3.8, 4) is 0 Å². The van der Waals surface area contributed by atoms with E-state index in [0.29, 0.717) is 19.3 Å². The molecule has 2 atom stereocenters. The Bertz CT molecular complexity index is 397. The quantitative estimate of drug-likeness (QED) is 0.583. The highest BCUT2D eigenvalue weighted by molar-refractivity contribution is 5.83. The molecule has 108 valence electrons. The van der Waals surface area contributed by atoms with Crippen LogP contribution in [0.4, 0.5) is 0 Å². The molecule has 0 amide bonds. The molecule has 0 heterocycles. The van der Waals surface area contributed by atoms with Crippen LogP contribution in [0.5, 0.6) is 0 Å². The first-order valence-corrected chi connectivity index (χ1v) is 6.64. The van der Waals surface area contributed by atoms with Crippen LogP contribution in [0.2, 0.25) is 0 Å². The summed E-state index contributed by atoms with van der Waals surface area (Å²) in [4.78, 5) is 24.1. The Hall–Kier alpha value is -1.32. The Balaban J connectivity index is 3.18. The van der Waals surface area contributed by atoms with Crippen LogP contribution in [-0.4, -0.2) is 26.2 Å². The number of hydrogen-bond acceptors (Lipinski definition) is 4. The van der Waals surface area contributed by atoms with Crippen LogP contribution < -0.4 is 0 Å². The molecule has 0 bridgehead atoms. The predicted molar refractivity (Wildman–Crippen MR) is 72.4 cm³/mol. The van der Waals surface area contributed by atoms with Crippen molar-refractivity contribution in [2.24, 2.45) is 16.7 Å². The van der Waals surface area contributed by atoms with Crippen LogP contribution in [0.15, 0.2) is 12.2 Å². The molecule has 0 unspecified atom stereocenters. The number of hydrogen-bond donors (Lipinski definition) is 0. The number of methoxy groups -OCH3 is 2. The molecule has 0 aromatic rings. The molecule has 4 heteroatoms. The Morgan fingerprint density at radius 1 is 1.32 bits per heavy atom. The van der Waals surface area contributed by atoms with Crippen molar-refractivity contribution >= 4 is 11.9 Å². The largest absolute Gasteiger partial charge is 0.469 e. The van der Waals surface area contributed by atoms with E-state index in [2.05, 4.69) is 6.58 Å². The van der Waals surface area contributed by atoms with Crippen molar-refractivity contribution in [2.75, 3.05) is 14.2 Å². The average Bonchev–Trinajstić information content (AvgIpc) is 2.40. The highest BCUT2D eigenvalue weighted by Crippen LogP contribution is 2.55. The summed E-state index contributed by atoms with van der Waals surface area (Å²) in [5, 5.41) is 0. The van der Waals surface area contributed by atoms with Crippen LogP contribution in [0.1, 0.15) is 40.0 Å². The third kappa shape index (κ3) is 2.28. The van der Waals surface area contributed by atoms with Gasteiger partial charge in [0, 0.05) is 0 Å². The van der Waals surface area contributed by atoms with E-state index < -0.39 is 10.8 Å². The topological polar surface area (TPSA) is 52.6 Å². The summed E-state index contributed by atoms with van der Waals surface area (Å²) in [6, 6.07) is 0. The van der Waals surface area contributed by atoms with Gasteiger partial charge in [-0.2, -0.15) is 0 Å². The number of carbonyl (C=O) groups is 2. The summed E-state index contributed by atoms with van der Waals surface area (Å²) in [6.07, 6.45) is 1.83. The Labute approximate surface area is 115 Å². The zero-order valence-corrected chi connectivity index (χ0v) is 12.5. The molecule has 1 fully saturated rings. The van der Waals surface area contributed by atoms with Crippen LogP contribution in [0.3, 0.4) is 0 Å². The maximum atomic E-state index is 12.2. The molecule has 0 aromatic heterocycles. The molecule has 0 radical (unpaired) electrons. The standard InChI is InChI=1S/C15H24O4/c1-7-15(13(17)19-6)9-8-11(12(16)18-5)14(3,4)10(15)2/h11H,2,7-9H2,1,3-6H3/t11-,15-/m1/s1. The summed E-state index contributed by atoms with van der Waals surface area (Å²) in [6.45, 7) is 9.97. The third-order valence-electron chi connectivity index (χ3n) is 4.75. The lowest BCUT2D eigenvalue weighted by Crippen LogP contribution is -2.48. The number of ether oxygens (including phenoxy) is 2. The Morgan fingerprint density at radius 2 is 1.89 bits per heavy atom. The minimum Gasteiger partial charge on any atom is -0.469 e. The van der Waals surface area contributed by atoms with Crippen LogP contribution >= 0.6 is 0 Å². The molecule has 1 saturated carbocycles. The first kappa shape index (κ1) is 15.7. The molecule has 4 nitrogen and oxygen atoms in total. The third-order valence-corrected chi connectivity index (χ3v) is 4.75. The molecular weight excluding hydrogens is 244 g/mol. The fourth-order valence-electron chi connectivity index (χ4n) is 3.24. The highest BCUT2D eigenvalue weighted by atomic mass is 16.5. The zero-order valence-electron chi connectivity index (χ0n) is 12.5. The zero-order chi connectivity index (χ0) is 14.8. The van der Waals surface area contributed by atoms with E-state index in [1.54, 1.807) is 0 Å². The molecule has 1 rings (SSSR count). The van der Waals surface area contributed by atoms with E-state index in [1.165, 1.54) is 14.2 Å². The first-order valence-electron chi connectivity index (χ1n) is 6.64. The van der Waals surface area contributed by atoms with Gasteiger partial charge in [0.15, 0.2) is 0 Å². The molecule has 1 aliphatic carbocycles. The second-order valence-corrected chi connectivity index (χ2v) is 5.74. The van der Waals surface area contributed by atoms with E-state index in [4.69, 9.17) is 9.47 Å². The minimum atomic E-state index is -0.678. The van der Waals surface area contributed by atoms with E-state index >= 15 is 0 Å². The predicted octanol–water partition coefficient (Wildman–Crippen LogP) is 2.72. The van der Waals surface area contributed by atoms with E-state index in [0.717, 1.165) is 5.57 Å². The fraction of sp³-hybridized carbons (Fsp3) is 0.733. The van der Waals surface area contributed by atoms with Gasteiger partial charge in [-0.1, -0.05) is 32.9 Å². The van der Waals surface area contributed by atoms with Crippen molar-refractivity contribution in [3.05, 3.63) is 12.2 Å². The molecule has 0 spiro atoms. The number of esters is 2. The lowest BCUT2D eigenvalue weighted by molar-refractivity contribution is -0.159. The SMILES string of the molecule is C=C1C(C)(C)[C@@H](C(=O)OC)CC[C@@]1(CC)C(=O)OC. The van der Waals surface area contributed by atoms with Gasteiger partial charge in [-0.25, -0.2) is 0 Å². The fourth-order valence-corrected chi connectivity index (χ4v) is 3.24. The van der Waals surface area contributed by atoms with Crippen LogP contribution in [0, 0.1) is 16.7 Å². The van der Waals surface area contributed by atoms with E-state index in [-0.39, 0.29) is 17.9 Å². The van der Waals surface area contributed by atoms with Crippen molar-refractivity contribution in [3.63, 3.8) is 0 Å². The summed E-state index contributed by atoms with van der Waals surface area (Å²) in [5.74, 6) is -0.744. The molecule has 19 heavy (non-hydrogen) atoms. The summed E-state index contributed by atoms with van der Waals surface area (Å²) < 4.78 is 9.82. The van der Waals surface area contributed by atoms with Crippen molar-refractivity contribution in [1.29, 1.82) is 0 Å². The second-order valence-electron chi connectivity index (χ2n) is 5.74. The van der Waals surface area contributed by atoms with Gasteiger partial charge in [-0.15, -0.1) is 0 Å². The number of carbonyl (C=O) groups excluding carboxylic acids is 2. The molecule has 0 aliphatic heterocycles. The van der Waals surface area contributed by atoms with Gasteiger partial charge in [0.25, 0.3) is 0 Å². The maximum absolute atomic E-state index is 12.2. The molecule has 1 aliphatic rings. The summed E-state index contributed by atoms with van der Waals surface area (Å²) in [7, 11) is 2.79. The smallest absolute Gasteiger partial charge is 0.315 e. The average molecular weight is 268 g/mol. The van der Waals surface area contributed by atoms with Gasteiger partial charge in [-0.3, -0.25) is 9.59 Å². The van der Waals surface area contributed by atoms with Gasteiger partial charge in [-0.05, 0) is 24.7 Å². The monoisotopic (exact) mass is 268 g/mol. The van der Waals surface area contributed by atoms with Gasteiger partial charge < -0.3 is 9.47 Å². The van der Waals surface area contributed by atoms with E-state index in [9.17, 15) is 9.59 Å². The molecule has 0 N–H and O–H groups in total. The maximum Gasteiger partial charge on any atom is 0.315 e. The first-order chi connectivity index (χ1) is 8.77. The normalized spacial score (nSPS) is 29.7. The molecule has 0 aromatic carbocycles. The van der Waals surface area contributed by atoms with Crippen LogP contribution in [0.25, 0.3) is 0 Å². The van der Waals surface area contributed by atoms with Crippen molar-refractivity contribution in [1.82, 2.24) is 0 Å². The van der Waals surface area contributed by atoms with Crippen molar-refractivity contribution < 1.29 is 19.1 Å². The van der Waals surface area contributed by atoms with Gasteiger partial charge in [0.2, 0.25) is 0 Å². The van der Waals surface area contributed by atoms with E-state index in [1.807, 2.05) is 20.8 Å². The summed E-state index contributed by atoms with van der Waals surface area (Å²) in [5.41, 5.74) is -0.380. The van der Waals surface area contributed by atoms with Gasteiger partial charge >= 0.3 is 11.9 Å². The molecule has 0 saturated heterocycles. The lowest BCUT2D eigenvalue weighted by atomic mass is 9.55. The van der Waals surface area contributed by atoms with Gasteiger partial charge in [0.05, 0.1) is 25.6 Å². The Morgan fingerprint density at radius 3 is 2.32 bits per heavy atom. The number of rotatable bonds is 3. The van der Waals surface area contributed by atoms with Crippen LogP contribution in [-0.2, 0) is 19.1 Å². The Kier molecular flexibility index (Phi) is 4.43. The van der Waals surface area contributed by atoms with Gasteiger partial charge in [0.1, 0.15) is 0 Å². The highest BCUT2D eigenvalue weighted by Gasteiger charge is 2.54. The lowest BCUT2D eigenvalue weighted by Gasteiger charge is -2.48. The van der Waals surface area contributed by atoms with Crippen molar-refractivity contribution in [2.45, 2.75) is 40.0 Å². The minimum absolute atomic E-state index is 0.235. The second kappa shape index (κ2) is 5.35. The summed E-state index contributed by atoms with van der Waals surface area (Å²) >= 11 is 0.